The van der Waals surface area contributed by atoms with E-state index in [9.17, 15) is 17.6 Å². The van der Waals surface area contributed by atoms with Gasteiger partial charge in [-0.3, -0.25) is 4.79 Å². The average molecular weight is 379 g/mol. The minimum absolute atomic E-state index is 0.0790. The van der Waals surface area contributed by atoms with E-state index in [0.717, 1.165) is 38.1 Å². The van der Waals surface area contributed by atoms with E-state index in [0.29, 0.717) is 5.82 Å². The van der Waals surface area contributed by atoms with E-state index >= 15 is 0 Å². The van der Waals surface area contributed by atoms with Crippen LogP contribution in [0.5, 0.6) is 0 Å². The molecule has 1 fully saturated rings. The van der Waals surface area contributed by atoms with Crippen molar-refractivity contribution < 1.29 is 17.6 Å². The molecule has 0 saturated carbocycles. The van der Waals surface area contributed by atoms with Crippen molar-refractivity contribution in [1.82, 2.24) is 14.9 Å². The molecule has 1 aliphatic heterocycles. The molecule has 0 unspecified atom stereocenters. The molecular weight excluding hydrogens is 361 g/mol. The lowest BCUT2D eigenvalue weighted by molar-refractivity contribution is 0.102. The Bertz CT molecular complexity index is 912. The van der Waals surface area contributed by atoms with Gasteiger partial charge in [-0.2, -0.15) is 0 Å². The number of aromatic nitrogens is 2. The lowest BCUT2D eigenvalue weighted by Gasteiger charge is -2.15. The first-order valence-electron chi connectivity index (χ1n) is 8.04. The number of rotatable bonds is 5. The second kappa shape index (κ2) is 7.34. The molecule has 1 aromatic heterocycles. The number of sulfonamides is 1. The van der Waals surface area contributed by atoms with Gasteiger partial charge in [-0.1, -0.05) is 0 Å². The van der Waals surface area contributed by atoms with Gasteiger partial charge in [0.25, 0.3) is 5.91 Å². The van der Waals surface area contributed by atoms with Crippen LogP contribution in [0, 0.1) is 5.82 Å². The number of halogens is 1. The Kier molecular flexibility index (Phi) is 5.14. The summed E-state index contributed by atoms with van der Waals surface area (Å²) in [4.78, 5) is 13.8. The number of hydrogen-bond acceptors (Lipinski definition) is 6. The van der Waals surface area contributed by atoms with Crippen LogP contribution < -0.4 is 14.9 Å². The molecule has 1 amide bonds. The van der Waals surface area contributed by atoms with Gasteiger partial charge < -0.3 is 10.2 Å². The van der Waals surface area contributed by atoms with E-state index in [2.05, 4.69) is 20.4 Å². The number of amides is 1. The summed E-state index contributed by atoms with van der Waals surface area (Å²) in [7, 11) is -2.80. The molecule has 0 bridgehead atoms. The highest BCUT2D eigenvalue weighted by atomic mass is 32.2. The van der Waals surface area contributed by atoms with Crippen molar-refractivity contribution in [2.24, 2.45) is 0 Å². The lowest BCUT2D eigenvalue weighted by atomic mass is 10.3. The maximum Gasteiger partial charge on any atom is 0.276 e. The summed E-state index contributed by atoms with van der Waals surface area (Å²) in [6.07, 6.45) is 2.21. The number of carbonyl (C=O) groups excluding carboxylic acids is 1. The molecule has 1 aliphatic rings. The Morgan fingerprint density at radius 1 is 1.15 bits per heavy atom. The summed E-state index contributed by atoms with van der Waals surface area (Å²) in [5.41, 5.74) is 0.214. The van der Waals surface area contributed by atoms with Crippen molar-refractivity contribution >= 4 is 27.4 Å². The van der Waals surface area contributed by atoms with Crippen LogP contribution in [-0.4, -0.2) is 44.7 Å². The van der Waals surface area contributed by atoms with Gasteiger partial charge in [0.15, 0.2) is 11.5 Å². The Labute approximate surface area is 150 Å². The topological polar surface area (TPSA) is 104 Å². The minimum atomic E-state index is -3.98. The predicted octanol–water partition coefficient (Wildman–Crippen LogP) is 1.38. The fraction of sp³-hybridized carbons (Fsp3) is 0.312. The zero-order chi connectivity index (χ0) is 18.7. The summed E-state index contributed by atoms with van der Waals surface area (Å²) < 4.78 is 39.4. The molecule has 0 atom stereocenters. The molecule has 2 heterocycles. The third-order valence-electron chi connectivity index (χ3n) is 4.06. The van der Waals surface area contributed by atoms with Crippen LogP contribution in [0.3, 0.4) is 0 Å². The van der Waals surface area contributed by atoms with Crippen LogP contribution in [0.2, 0.25) is 0 Å². The number of anilines is 2. The van der Waals surface area contributed by atoms with Crippen LogP contribution in [0.15, 0.2) is 35.2 Å². The van der Waals surface area contributed by atoms with Crippen LogP contribution in [0.1, 0.15) is 23.3 Å². The molecular formula is C16H18FN5O3S. The molecule has 2 aromatic rings. The highest BCUT2D eigenvalue weighted by Crippen LogP contribution is 2.20. The predicted molar refractivity (Wildman–Crippen MR) is 94.1 cm³/mol. The molecule has 138 valence electrons. The average Bonchev–Trinajstić information content (AvgIpc) is 3.18. The monoisotopic (exact) mass is 379 g/mol. The van der Waals surface area contributed by atoms with Crippen molar-refractivity contribution in [3.63, 3.8) is 0 Å². The normalized spacial score (nSPS) is 14.5. The van der Waals surface area contributed by atoms with Gasteiger partial charge in [0, 0.05) is 18.8 Å². The third-order valence-corrected chi connectivity index (χ3v) is 5.49. The van der Waals surface area contributed by atoms with E-state index in [4.69, 9.17) is 0 Å². The second-order valence-corrected chi connectivity index (χ2v) is 7.63. The number of nitrogens with zero attached hydrogens (tertiary/aromatic N) is 3. The van der Waals surface area contributed by atoms with Gasteiger partial charge >= 0.3 is 0 Å². The highest BCUT2D eigenvalue weighted by molar-refractivity contribution is 7.89. The summed E-state index contributed by atoms with van der Waals surface area (Å²) >= 11 is 0. The zero-order valence-electron chi connectivity index (χ0n) is 14.1. The minimum Gasteiger partial charge on any atom is -0.355 e. The van der Waals surface area contributed by atoms with Crippen LogP contribution in [-0.2, 0) is 10.0 Å². The third kappa shape index (κ3) is 3.81. The quantitative estimate of drug-likeness (QED) is 0.813. The van der Waals surface area contributed by atoms with E-state index in [1.807, 2.05) is 4.72 Å². The molecule has 0 aliphatic carbocycles. The molecule has 1 aromatic carbocycles. The van der Waals surface area contributed by atoms with Crippen LogP contribution in [0.25, 0.3) is 0 Å². The van der Waals surface area contributed by atoms with Crippen molar-refractivity contribution in [1.29, 1.82) is 0 Å². The molecule has 3 rings (SSSR count). The number of nitrogens with one attached hydrogen (secondary N) is 2. The molecule has 2 N–H and O–H groups in total. The number of carbonyl (C=O) groups is 1. The van der Waals surface area contributed by atoms with Gasteiger partial charge in [0.1, 0.15) is 10.7 Å². The summed E-state index contributed by atoms with van der Waals surface area (Å²) in [6.45, 7) is 1.83. The Morgan fingerprint density at radius 3 is 2.50 bits per heavy atom. The maximum absolute atomic E-state index is 13.7. The first-order valence-corrected chi connectivity index (χ1v) is 9.52. The maximum atomic E-state index is 13.7. The van der Waals surface area contributed by atoms with Gasteiger partial charge in [-0.15, -0.1) is 10.2 Å². The molecule has 26 heavy (non-hydrogen) atoms. The zero-order valence-corrected chi connectivity index (χ0v) is 14.9. The van der Waals surface area contributed by atoms with Crippen molar-refractivity contribution in [2.75, 3.05) is 30.4 Å². The first-order chi connectivity index (χ1) is 12.4. The highest BCUT2D eigenvalue weighted by Gasteiger charge is 2.19. The summed E-state index contributed by atoms with van der Waals surface area (Å²) in [6, 6.07) is 6.56. The van der Waals surface area contributed by atoms with Crippen LogP contribution in [0.4, 0.5) is 15.9 Å². The van der Waals surface area contributed by atoms with E-state index in [-0.39, 0.29) is 11.4 Å². The van der Waals surface area contributed by atoms with E-state index < -0.39 is 26.6 Å². The largest absolute Gasteiger partial charge is 0.355 e. The second-order valence-electron chi connectivity index (χ2n) is 5.78. The summed E-state index contributed by atoms with van der Waals surface area (Å²) in [5.74, 6) is -0.764. The van der Waals surface area contributed by atoms with E-state index in [1.54, 1.807) is 12.1 Å². The Balaban J connectivity index is 1.76. The SMILES string of the molecule is CNS(=O)(=O)c1cc(NC(=O)c2ccc(N3CCCC3)nn2)ccc1F. The fourth-order valence-electron chi connectivity index (χ4n) is 2.65. The van der Waals surface area contributed by atoms with Crippen molar-refractivity contribution in [3.05, 3.63) is 41.8 Å². The van der Waals surface area contributed by atoms with Gasteiger partial charge in [-0.05, 0) is 50.2 Å². The number of hydrogen-bond donors (Lipinski definition) is 2. The standard InChI is InChI=1S/C16H18FN5O3S/c1-18-26(24,25)14-10-11(4-5-12(14)17)19-16(23)13-6-7-15(21-20-13)22-8-2-3-9-22/h4-7,10,18H,2-3,8-9H2,1H3,(H,19,23). The smallest absolute Gasteiger partial charge is 0.276 e. The van der Waals surface area contributed by atoms with Gasteiger partial charge in [-0.25, -0.2) is 17.5 Å². The molecule has 8 nitrogen and oxygen atoms in total. The number of benzene rings is 1. The van der Waals surface area contributed by atoms with E-state index in [1.165, 1.54) is 13.1 Å². The molecule has 1 saturated heterocycles. The van der Waals surface area contributed by atoms with Crippen LogP contribution >= 0.6 is 0 Å². The van der Waals surface area contributed by atoms with Gasteiger partial charge in [0.2, 0.25) is 10.0 Å². The van der Waals surface area contributed by atoms with Crippen molar-refractivity contribution in [2.45, 2.75) is 17.7 Å². The Hall–Kier alpha value is -2.59. The molecule has 0 spiro atoms. The molecule has 0 radical (unpaired) electrons. The summed E-state index contributed by atoms with van der Waals surface area (Å²) in [5, 5.41) is 10.5. The van der Waals surface area contributed by atoms with Crippen molar-refractivity contribution in [3.8, 4) is 0 Å². The fourth-order valence-corrected chi connectivity index (χ4v) is 3.48. The van der Waals surface area contributed by atoms with Gasteiger partial charge in [0.05, 0.1) is 0 Å². The Morgan fingerprint density at radius 2 is 1.88 bits per heavy atom. The lowest BCUT2D eigenvalue weighted by Crippen LogP contribution is -2.21. The first kappa shape index (κ1) is 18.2. The molecule has 10 heteroatoms.